The van der Waals surface area contributed by atoms with E-state index in [1.165, 1.54) is 0 Å². The second kappa shape index (κ2) is 9.43. The van der Waals surface area contributed by atoms with E-state index in [1.807, 2.05) is 47.7 Å². The lowest BCUT2D eigenvalue weighted by Crippen LogP contribution is -2.50. The Kier molecular flexibility index (Phi) is 6.65. The average molecular weight is 443 g/mol. The summed E-state index contributed by atoms with van der Waals surface area (Å²) in [5, 5.41) is 8.59. The molecule has 1 atom stereocenters. The topological polar surface area (TPSA) is 67.2 Å². The van der Waals surface area contributed by atoms with Gasteiger partial charge in [-0.15, -0.1) is 0 Å². The van der Waals surface area contributed by atoms with Crippen LogP contribution in [0.15, 0.2) is 24.3 Å². The van der Waals surface area contributed by atoms with Crippen molar-refractivity contribution in [2.75, 3.05) is 13.1 Å². The number of piperidine rings is 1. The Balaban J connectivity index is 1.61. The van der Waals surface area contributed by atoms with E-state index >= 15 is 0 Å². The maximum absolute atomic E-state index is 13.6. The van der Waals surface area contributed by atoms with Gasteiger partial charge in [0.15, 0.2) is 5.69 Å². The average Bonchev–Trinajstić information content (AvgIpc) is 2.94. The molecule has 1 N–H and O–H groups in total. The van der Waals surface area contributed by atoms with Crippen LogP contribution in [0.2, 0.25) is 5.02 Å². The molecule has 1 fully saturated rings. The maximum Gasteiger partial charge on any atom is 0.274 e. The lowest BCUT2D eigenvalue weighted by atomic mass is 10.0. The highest BCUT2D eigenvalue weighted by Gasteiger charge is 2.31. The van der Waals surface area contributed by atoms with Gasteiger partial charge in [0.1, 0.15) is 0 Å². The van der Waals surface area contributed by atoms with Crippen LogP contribution >= 0.6 is 11.6 Å². The first kappa shape index (κ1) is 21.9. The fourth-order valence-corrected chi connectivity index (χ4v) is 4.67. The summed E-state index contributed by atoms with van der Waals surface area (Å²) in [5.41, 5.74) is 3.74. The molecule has 166 valence electrons. The molecule has 1 saturated heterocycles. The van der Waals surface area contributed by atoms with Crippen LogP contribution in [0.25, 0.3) is 5.69 Å². The Morgan fingerprint density at radius 1 is 1.10 bits per heavy atom. The van der Waals surface area contributed by atoms with Crippen LogP contribution in [0.4, 0.5) is 0 Å². The molecule has 1 unspecified atom stereocenters. The predicted molar refractivity (Wildman–Crippen MR) is 122 cm³/mol. The summed E-state index contributed by atoms with van der Waals surface area (Å²) in [4.78, 5) is 27.6. The first-order valence-electron chi connectivity index (χ1n) is 11.4. The third-order valence-corrected chi connectivity index (χ3v) is 6.54. The zero-order chi connectivity index (χ0) is 22.0. The second-order valence-electron chi connectivity index (χ2n) is 8.98. The van der Waals surface area contributed by atoms with Crippen molar-refractivity contribution in [3.8, 4) is 5.69 Å². The molecule has 2 aliphatic rings. The molecule has 0 bridgehead atoms. The van der Waals surface area contributed by atoms with E-state index in [2.05, 4.69) is 5.32 Å². The van der Waals surface area contributed by atoms with Crippen molar-refractivity contribution in [2.45, 2.75) is 64.8 Å². The van der Waals surface area contributed by atoms with Gasteiger partial charge in [-0.25, -0.2) is 4.68 Å². The fourth-order valence-electron chi connectivity index (χ4n) is 4.54. The van der Waals surface area contributed by atoms with Gasteiger partial charge in [-0.2, -0.15) is 5.10 Å². The Hall–Kier alpha value is -2.34. The number of fused-ring (bicyclic) bond motifs is 1. The molecule has 0 saturated carbocycles. The second-order valence-corrected chi connectivity index (χ2v) is 9.41. The first-order valence-corrected chi connectivity index (χ1v) is 11.8. The van der Waals surface area contributed by atoms with Crippen LogP contribution in [0.5, 0.6) is 0 Å². The monoisotopic (exact) mass is 442 g/mol. The van der Waals surface area contributed by atoms with E-state index < -0.39 is 0 Å². The number of benzene rings is 1. The number of nitrogens with zero attached hydrogens (tertiary/aromatic N) is 3. The highest BCUT2D eigenvalue weighted by Crippen LogP contribution is 2.28. The zero-order valence-corrected chi connectivity index (χ0v) is 19.1. The van der Waals surface area contributed by atoms with Crippen LogP contribution < -0.4 is 5.32 Å². The summed E-state index contributed by atoms with van der Waals surface area (Å²) in [5.74, 6) is -0.0357. The Labute approximate surface area is 188 Å². The highest BCUT2D eigenvalue weighted by molar-refractivity contribution is 6.30. The normalized spacial score (nSPS) is 19.1. The van der Waals surface area contributed by atoms with Gasteiger partial charge in [0, 0.05) is 41.3 Å². The number of nitrogens with one attached hydrogen (secondary N) is 1. The van der Waals surface area contributed by atoms with Crippen molar-refractivity contribution in [1.82, 2.24) is 20.0 Å². The largest absolute Gasteiger partial charge is 0.351 e. The number of carbonyl (C=O) groups excluding carboxylic acids is 2. The van der Waals surface area contributed by atoms with Gasteiger partial charge < -0.3 is 10.2 Å². The number of hydrogen-bond donors (Lipinski definition) is 1. The lowest BCUT2D eigenvalue weighted by Gasteiger charge is -2.33. The van der Waals surface area contributed by atoms with Gasteiger partial charge in [-0.3, -0.25) is 9.59 Å². The number of amides is 2. The fraction of sp³-hybridized carbons (Fsp3) is 0.542. The van der Waals surface area contributed by atoms with Gasteiger partial charge >= 0.3 is 0 Å². The molecule has 0 spiro atoms. The predicted octanol–water partition coefficient (Wildman–Crippen LogP) is 4.17. The summed E-state index contributed by atoms with van der Waals surface area (Å²) in [7, 11) is 0. The van der Waals surface area contributed by atoms with Crippen LogP contribution in [0.3, 0.4) is 0 Å². The summed E-state index contributed by atoms with van der Waals surface area (Å²) in [6.45, 7) is 5.02. The molecule has 2 amide bonds. The Morgan fingerprint density at radius 2 is 1.84 bits per heavy atom. The molecule has 2 heterocycles. The van der Waals surface area contributed by atoms with Gasteiger partial charge in [-0.05, 0) is 62.8 Å². The van der Waals surface area contributed by atoms with Gasteiger partial charge in [-0.1, -0.05) is 31.9 Å². The minimum Gasteiger partial charge on any atom is -0.351 e. The van der Waals surface area contributed by atoms with Crippen LogP contribution in [0.1, 0.15) is 67.7 Å². The van der Waals surface area contributed by atoms with Crippen molar-refractivity contribution in [1.29, 1.82) is 0 Å². The van der Waals surface area contributed by atoms with Crippen molar-refractivity contribution in [2.24, 2.45) is 5.92 Å². The molecule has 1 aromatic heterocycles. The number of hydrogen-bond acceptors (Lipinski definition) is 3. The molecule has 1 aromatic carbocycles. The van der Waals surface area contributed by atoms with Crippen LogP contribution in [-0.4, -0.2) is 45.6 Å². The van der Waals surface area contributed by atoms with E-state index in [1.54, 1.807) is 0 Å². The van der Waals surface area contributed by atoms with E-state index in [0.29, 0.717) is 23.8 Å². The van der Waals surface area contributed by atoms with E-state index in [-0.39, 0.29) is 23.8 Å². The van der Waals surface area contributed by atoms with Gasteiger partial charge in [0.2, 0.25) is 5.91 Å². The van der Waals surface area contributed by atoms with Crippen LogP contribution in [-0.2, 0) is 17.6 Å². The van der Waals surface area contributed by atoms with Crippen molar-refractivity contribution in [3.63, 3.8) is 0 Å². The Bertz CT molecular complexity index is 951. The number of likely N-dealkylation sites (tertiary alicyclic amines) is 1. The summed E-state index contributed by atoms with van der Waals surface area (Å²) < 4.78 is 1.94. The molecule has 1 aliphatic heterocycles. The molecular weight excluding hydrogens is 412 g/mol. The highest BCUT2D eigenvalue weighted by atomic mass is 35.5. The molecule has 1 aliphatic carbocycles. The maximum atomic E-state index is 13.6. The molecule has 4 rings (SSSR count). The number of aromatic nitrogens is 2. The van der Waals surface area contributed by atoms with E-state index in [9.17, 15) is 9.59 Å². The molecule has 7 heteroatoms. The number of halogens is 1. The standard InChI is InChI=1S/C24H31ClN4O2/c1-16(2)23(30)26-18-7-6-14-28(15-18)24(31)22-20-8-4-3-5-9-21(20)29(27-22)19-12-10-17(25)11-13-19/h10-13,16,18H,3-9,14-15H2,1-2H3,(H,26,30). The minimum absolute atomic E-state index is 0.00422. The van der Waals surface area contributed by atoms with Crippen molar-refractivity contribution < 1.29 is 9.59 Å². The van der Waals surface area contributed by atoms with E-state index in [4.69, 9.17) is 16.7 Å². The van der Waals surface area contributed by atoms with Crippen LogP contribution in [0, 0.1) is 5.92 Å². The SMILES string of the molecule is CC(C)C(=O)NC1CCCN(C(=O)c2nn(-c3ccc(Cl)cc3)c3c2CCCCC3)C1. The lowest BCUT2D eigenvalue weighted by molar-refractivity contribution is -0.125. The minimum atomic E-state index is -0.0584. The van der Waals surface area contributed by atoms with Gasteiger partial charge in [0.05, 0.1) is 5.69 Å². The summed E-state index contributed by atoms with van der Waals surface area (Å²) >= 11 is 6.07. The quantitative estimate of drug-likeness (QED) is 0.722. The molecule has 0 radical (unpaired) electrons. The third-order valence-electron chi connectivity index (χ3n) is 6.28. The van der Waals surface area contributed by atoms with Gasteiger partial charge in [0.25, 0.3) is 5.91 Å². The smallest absolute Gasteiger partial charge is 0.274 e. The zero-order valence-electron chi connectivity index (χ0n) is 18.4. The molecule has 6 nitrogen and oxygen atoms in total. The Morgan fingerprint density at radius 3 is 2.58 bits per heavy atom. The van der Waals surface area contributed by atoms with Crippen molar-refractivity contribution >= 4 is 23.4 Å². The summed E-state index contributed by atoms with van der Waals surface area (Å²) in [6, 6.07) is 7.62. The molecule has 2 aromatic rings. The first-order chi connectivity index (χ1) is 14.9. The van der Waals surface area contributed by atoms with Crippen molar-refractivity contribution in [3.05, 3.63) is 46.2 Å². The molecule has 31 heavy (non-hydrogen) atoms. The summed E-state index contributed by atoms with van der Waals surface area (Å²) in [6.07, 6.45) is 6.93. The molecular formula is C24H31ClN4O2. The third kappa shape index (κ3) is 4.79. The van der Waals surface area contributed by atoms with E-state index in [0.717, 1.165) is 61.9 Å². The number of carbonyl (C=O) groups is 2. The number of rotatable bonds is 4.